The average molecular weight is 400 g/mol. The lowest BCUT2D eigenvalue weighted by Gasteiger charge is -2.38. The number of imidazole rings is 1. The number of nitrogen functional groups attached to an aromatic ring is 1. The van der Waals surface area contributed by atoms with Crippen molar-refractivity contribution < 1.29 is 19.7 Å². The minimum Gasteiger partial charge on any atom is -0.388 e. The number of nitrogens with zero attached hydrogens (tertiary/aromatic N) is 6. The van der Waals surface area contributed by atoms with Gasteiger partial charge in [-0.25, -0.2) is 24.9 Å². The van der Waals surface area contributed by atoms with Gasteiger partial charge in [0.1, 0.15) is 36.0 Å². The number of nitrogens with one attached hydrogen (secondary N) is 1. The van der Waals surface area contributed by atoms with Gasteiger partial charge >= 0.3 is 0 Å². The lowest BCUT2D eigenvalue weighted by atomic mass is 9.97. The fraction of sp³-hybridized carbons (Fsp3) is 0.412. The summed E-state index contributed by atoms with van der Waals surface area (Å²) in [4.78, 5) is 32.4. The number of hydrogen-bond donors (Lipinski definition) is 4. The highest BCUT2D eigenvalue weighted by molar-refractivity contribution is 5.93. The summed E-state index contributed by atoms with van der Waals surface area (Å²) >= 11 is 0. The second-order valence-corrected chi connectivity index (χ2v) is 6.78. The zero-order valence-corrected chi connectivity index (χ0v) is 15.5. The molecule has 1 amide bonds. The van der Waals surface area contributed by atoms with E-state index in [0.717, 1.165) is 0 Å². The largest absolute Gasteiger partial charge is 0.388 e. The minimum atomic E-state index is -1.24. The Hall–Kier alpha value is -3.22. The molecule has 0 aromatic carbocycles. The first-order chi connectivity index (χ1) is 13.9. The quantitative estimate of drug-likeness (QED) is 0.400. The molecule has 12 nitrogen and oxygen atoms in total. The molecule has 0 saturated carbocycles. The number of carbonyl (C=O) groups is 1. The molecule has 3 aromatic rings. The fourth-order valence-electron chi connectivity index (χ4n) is 3.20. The van der Waals surface area contributed by atoms with Crippen LogP contribution in [-0.2, 0) is 11.3 Å². The number of ether oxygens (including phenoxy) is 1. The van der Waals surface area contributed by atoms with Crippen molar-refractivity contribution in [1.82, 2.24) is 34.8 Å². The number of anilines is 1. The number of carbonyl (C=O) groups excluding carboxylic acids is 1. The number of nitrogens with two attached hydrogens (primary N) is 1. The van der Waals surface area contributed by atoms with Crippen LogP contribution < -0.4 is 11.1 Å². The van der Waals surface area contributed by atoms with E-state index in [1.54, 1.807) is 11.5 Å². The molecule has 4 heterocycles. The molecule has 4 atom stereocenters. The van der Waals surface area contributed by atoms with Gasteiger partial charge in [0.15, 0.2) is 11.5 Å². The Morgan fingerprint density at radius 1 is 1.24 bits per heavy atom. The third-order valence-electron chi connectivity index (χ3n) is 4.81. The average Bonchev–Trinajstić information content (AvgIpc) is 3.12. The van der Waals surface area contributed by atoms with Crippen molar-refractivity contribution in [2.24, 2.45) is 0 Å². The SMILES string of the molecule is Cc1ncc(C(=O)N[C@@H]2CO[C@H](Cn3cnc4ncnc(N)c43)[C@@H](O)[C@H]2O)cn1. The van der Waals surface area contributed by atoms with Crippen LogP contribution in [0.15, 0.2) is 25.0 Å². The number of aliphatic hydroxyl groups is 2. The second-order valence-electron chi connectivity index (χ2n) is 6.78. The predicted molar refractivity (Wildman–Crippen MR) is 99.5 cm³/mol. The van der Waals surface area contributed by atoms with Gasteiger partial charge in [0.05, 0.1) is 31.1 Å². The topological polar surface area (TPSA) is 174 Å². The normalized spacial score (nSPS) is 24.5. The first kappa shape index (κ1) is 19.1. The lowest BCUT2D eigenvalue weighted by molar-refractivity contribution is -0.152. The Morgan fingerprint density at radius 2 is 2.00 bits per heavy atom. The molecule has 0 unspecified atom stereocenters. The maximum absolute atomic E-state index is 12.3. The summed E-state index contributed by atoms with van der Waals surface area (Å²) in [6, 6.07) is -0.789. The zero-order valence-electron chi connectivity index (χ0n) is 15.5. The molecule has 0 bridgehead atoms. The van der Waals surface area contributed by atoms with E-state index in [0.29, 0.717) is 17.0 Å². The van der Waals surface area contributed by atoms with Gasteiger partial charge < -0.3 is 30.6 Å². The third-order valence-corrected chi connectivity index (χ3v) is 4.81. The molecule has 152 valence electrons. The first-order valence-electron chi connectivity index (χ1n) is 8.92. The summed E-state index contributed by atoms with van der Waals surface area (Å²) in [5.41, 5.74) is 7.08. The Bertz CT molecular complexity index is 1020. The van der Waals surface area contributed by atoms with E-state index in [1.165, 1.54) is 25.0 Å². The summed E-state index contributed by atoms with van der Waals surface area (Å²) in [5, 5.41) is 23.7. The second kappa shape index (κ2) is 7.66. The molecule has 0 radical (unpaired) electrons. The first-order valence-corrected chi connectivity index (χ1v) is 8.92. The van der Waals surface area contributed by atoms with Crippen molar-refractivity contribution in [1.29, 1.82) is 0 Å². The van der Waals surface area contributed by atoms with Gasteiger partial charge in [-0.3, -0.25) is 4.79 Å². The van der Waals surface area contributed by atoms with E-state index in [4.69, 9.17) is 10.5 Å². The van der Waals surface area contributed by atoms with Crippen LogP contribution in [0.25, 0.3) is 11.2 Å². The van der Waals surface area contributed by atoms with E-state index in [1.807, 2.05) is 0 Å². The number of hydrogen-bond acceptors (Lipinski definition) is 10. The summed E-state index contributed by atoms with van der Waals surface area (Å²) < 4.78 is 7.37. The highest BCUT2D eigenvalue weighted by Crippen LogP contribution is 2.21. The van der Waals surface area contributed by atoms with Crippen LogP contribution in [0.5, 0.6) is 0 Å². The Kier molecular flexibility index (Phi) is 5.05. The molecule has 1 aliphatic rings. The zero-order chi connectivity index (χ0) is 20.5. The molecule has 0 aliphatic carbocycles. The smallest absolute Gasteiger partial charge is 0.254 e. The van der Waals surface area contributed by atoms with Crippen LogP contribution in [0.1, 0.15) is 16.2 Å². The molecule has 12 heteroatoms. The van der Waals surface area contributed by atoms with Crippen molar-refractivity contribution in [2.45, 2.75) is 37.8 Å². The summed E-state index contributed by atoms with van der Waals surface area (Å²) in [5.74, 6) is 0.330. The maximum atomic E-state index is 12.3. The van der Waals surface area contributed by atoms with Crippen LogP contribution in [0, 0.1) is 6.92 Å². The van der Waals surface area contributed by atoms with Gasteiger partial charge in [0, 0.05) is 12.4 Å². The standard InChI is InChI=1S/C17H20N8O4/c1-8-19-2-9(3-20-8)17(28)24-10-5-29-11(14(27)13(10)26)4-25-7-23-16-12(25)15(18)21-6-22-16/h2-3,6-7,10-11,13-14,26-27H,4-5H2,1H3,(H,24,28)(H2,18,21,22)/t10-,11-,13+,14-/m1/s1. The van der Waals surface area contributed by atoms with E-state index >= 15 is 0 Å². The Labute approximate surface area is 164 Å². The lowest BCUT2D eigenvalue weighted by Crippen LogP contribution is -2.59. The minimum absolute atomic E-state index is 0.0139. The van der Waals surface area contributed by atoms with Gasteiger partial charge in [0.2, 0.25) is 0 Å². The van der Waals surface area contributed by atoms with Crippen molar-refractivity contribution >= 4 is 22.9 Å². The van der Waals surface area contributed by atoms with Gasteiger partial charge in [-0.2, -0.15) is 0 Å². The van der Waals surface area contributed by atoms with Crippen molar-refractivity contribution in [2.75, 3.05) is 12.3 Å². The summed E-state index contributed by atoms with van der Waals surface area (Å²) in [6.07, 6.45) is 2.41. The summed E-state index contributed by atoms with van der Waals surface area (Å²) in [7, 11) is 0. The molecule has 1 aliphatic heterocycles. The highest BCUT2D eigenvalue weighted by Gasteiger charge is 2.39. The third kappa shape index (κ3) is 3.72. The molecule has 3 aromatic heterocycles. The van der Waals surface area contributed by atoms with Gasteiger partial charge in [-0.15, -0.1) is 0 Å². The van der Waals surface area contributed by atoms with Gasteiger partial charge in [0.25, 0.3) is 5.91 Å². The molecule has 4 rings (SSSR count). The number of aromatic nitrogens is 6. The van der Waals surface area contributed by atoms with Gasteiger partial charge in [-0.1, -0.05) is 0 Å². The van der Waals surface area contributed by atoms with Crippen LogP contribution in [0.4, 0.5) is 5.82 Å². The molecular formula is C17H20N8O4. The monoisotopic (exact) mass is 400 g/mol. The molecular weight excluding hydrogens is 380 g/mol. The van der Waals surface area contributed by atoms with Gasteiger partial charge in [-0.05, 0) is 6.92 Å². The highest BCUT2D eigenvalue weighted by atomic mass is 16.5. The van der Waals surface area contributed by atoms with Crippen molar-refractivity contribution in [3.05, 3.63) is 36.4 Å². The number of rotatable bonds is 4. The number of aryl methyl sites for hydroxylation is 1. The van der Waals surface area contributed by atoms with Crippen LogP contribution in [-0.4, -0.2) is 76.6 Å². The fourth-order valence-corrected chi connectivity index (χ4v) is 3.20. The maximum Gasteiger partial charge on any atom is 0.254 e. The Morgan fingerprint density at radius 3 is 2.76 bits per heavy atom. The van der Waals surface area contributed by atoms with E-state index in [9.17, 15) is 15.0 Å². The van der Waals surface area contributed by atoms with Crippen molar-refractivity contribution in [3.63, 3.8) is 0 Å². The van der Waals surface area contributed by atoms with Crippen molar-refractivity contribution in [3.8, 4) is 0 Å². The van der Waals surface area contributed by atoms with E-state index in [2.05, 4.69) is 30.2 Å². The molecule has 5 N–H and O–H groups in total. The van der Waals surface area contributed by atoms with E-state index in [-0.39, 0.29) is 24.5 Å². The summed E-state index contributed by atoms with van der Waals surface area (Å²) in [6.45, 7) is 1.90. The molecule has 29 heavy (non-hydrogen) atoms. The van der Waals surface area contributed by atoms with E-state index < -0.39 is 30.3 Å². The molecule has 1 fully saturated rings. The number of amides is 1. The molecule has 1 saturated heterocycles. The predicted octanol–water partition coefficient (Wildman–Crippen LogP) is -1.57. The van der Waals surface area contributed by atoms with Crippen LogP contribution >= 0.6 is 0 Å². The Balaban J connectivity index is 1.43. The van der Waals surface area contributed by atoms with Crippen LogP contribution in [0.2, 0.25) is 0 Å². The molecule has 0 spiro atoms. The number of fused-ring (bicyclic) bond motifs is 1. The van der Waals surface area contributed by atoms with Crippen LogP contribution in [0.3, 0.4) is 0 Å². The number of aliphatic hydroxyl groups excluding tert-OH is 2.